The summed E-state index contributed by atoms with van der Waals surface area (Å²) in [4.78, 5) is 2.61. The first kappa shape index (κ1) is 14.7. The molecular formula is C16H21BrClNO. The second-order valence-corrected chi connectivity index (χ2v) is 7.04. The molecule has 3 rings (SSSR count). The van der Waals surface area contributed by atoms with Crippen molar-refractivity contribution in [3.8, 4) is 5.75 Å². The molecule has 2 nitrogen and oxygen atoms in total. The van der Waals surface area contributed by atoms with Gasteiger partial charge in [0.1, 0.15) is 5.75 Å². The van der Waals surface area contributed by atoms with Crippen LogP contribution >= 0.6 is 27.5 Å². The third-order valence-electron chi connectivity index (χ3n) is 4.37. The van der Waals surface area contributed by atoms with Crippen LogP contribution in [0.4, 0.5) is 0 Å². The Morgan fingerprint density at radius 2 is 2.30 bits per heavy atom. The molecule has 1 fully saturated rings. The molecule has 1 saturated heterocycles. The van der Waals surface area contributed by atoms with Crippen molar-refractivity contribution < 1.29 is 4.74 Å². The Hall–Kier alpha value is -0.250. The first-order valence-electron chi connectivity index (χ1n) is 7.52. The van der Waals surface area contributed by atoms with Crippen LogP contribution in [0.1, 0.15) is 36.8 Å². The van der Waals surface area contributed by atoms with E-state index in [2.05, 4.69) is 33.0 Å². The summed E-state index contributed by atoms with van der Waals surface area (Å²) in [6.45, 7) is 3.04. The Bertz CT molecular complexity index is 480. The molecule has 2 aliphatic rings. The lowest BCUT2D eigenvalue weighted by Gasteiger charge is -2.25. The lowest BCUT2D eigenvalue weighted by Crippen LogP contribution is -2.29. The van der Waals surface area contributed by atoms with Gasteiger partial charge in [-0.3, -0.25) is 4.90 Å². The number of fused-ring (bicyclic) bond motifs is 1. The number of nitrogens with zero attached hydrogens (tertiary/aromatic N) is 1. The number of benzene rings is 1. The van der Waals surface area contributed by atoms with Gasteiger partial charge < -0.3 is 4.74 Å². The molecule has 0 N–H and O–H groups in total. The predicted molar refractivity (Wildman–Crippen MR) is 86.7 cm³/mol. The van der Waals surface area contributed by atoms with E-state index in [0.717, 1.165) is 37.6 Å². The van der Waals surface area contributed by atoms with E-state index in [1.165, 1.54) is 41.4 Å². The van der Waals surface area contributed by atoms with Gasteiger partial charge in [0.15, 0.2) is 0 Å². The van der Waals surface area contributed by atoms with Crippen LogP contribution in [0.25, 0.3) is 0 Å². The van der Waals surface area contributed by atoms with E-state index < -0.39 is 0 Å². The van der Waals surface area contributed by atoms with Crippen molar-refractivity contribution in [3.63, 3.8) is 0 Å². The van der Waals surface area contributed by atoms with Gasteiger partial charge >= 0.3 is 0 Å². The molecule has 0 aliphatic carbocycles. The molecule has 0 amide bonds. The average Bonchev–Trinajstić information content (AvgIpc) is 3.05. The normalized spacial score (nSPS) is 22.0. The van der Waals surface area contributed by atoms with Crippen molar-refractivity contribution in [2.24, 2.45) is 0 Å². The van der Waals surface area contributed by atoms with Gasteiger partial charge in [0.05, 0.1) is 6.61 Å². The number of halogens is 2. The smallest absolute Gasteiger partial charge is 0.127 e. The SMILES string of the molecule is ClCCCC1CCCN1Cc1cc(Br)cc2c1OCC2. The molecule has 1 unspecified atom stereocenters. The van der Waals surface area contributed by atoms with Crippen LogP contribution in [0.2, 0.25) is 0 Å². The predicted octanol–water partition coefficient (Wildman–Crippen LogP) is 4.37. The fourth-order valence-electron chi connectivity index (χ4n) is 3.43. The second-order valence-electron chi connectivity index (χ2n) is 5.75. The maximum atomic E-state index is 5.84. The molecule has 0 radical (unpaired) electrons. The highest BCUT2D eigenvalue weighted by Gasteiger charge is 2.26. The van der Waals surface area contributed by atoms with Gasteiger partial charge in [0.25, 0.3) is 0 Å². The molecule has 0 bridgehead atoms. The molecule has 2 heterocycles. The molecule has 110 valence electrons. The summed E-state index contributed by atoms with van der Waals surface area (Å²) < 4.78 is 7.02. The van der Waals surface area contributed by atoms with E-state index in [1.807, 2.05) is 0 Å². The van der Waals surface area contributed by atoms with Crippen molar-refractivity contribution >= 4 is 27.5 Å². The first-order valence-corrected chi connectivity index (χ1v) is 8.85. The van der Waals surface area contributed by atoms with Crippen LogP contribution in [0.5, 0.6) is 5.75 Å². The minimum atomic E-state index is 0.699. The number of rotatable bonds is 5. The van der Waals surface area contributed by atoms with E-state index in [9.17, 15) is 0 Å². The van der Waals surface area contributed by atoms with Gasteiger partial charge in [-0.1, -0.05) is 15.9 Å². The standard InChI is InChI=1S/C16H21BrClNO/c17-14-9-12-5-8-20-16(12)13(10-14)11-19-7-2-4-15(19)3-1-6-18/h9-10,15H,1-8,11H2. The Morgan fingerprint density at radius 3 is 3.15 bits per heavy atom. The zero-order valence-electron chi connectivity index (χ0n) is 11.7. The summed E-state index contributed by atoms with van der Waals surface area (Å²) in [5.74, 6) is 1.91. The number of hydrogen-bond acceptors (Lipinski definition) is 2. The van der Waals surface area contributed by atoms with E-state index in [1.54, 1.807) is 0 Å². The Labute approximate surface area is 134 Å². The van der Waals surface area contributed by atoms with Crippen molar-refractivity contribution in [1.82, 2.24) is 4.90 Å². The van der Waals surface area contributed by atoms with Gasteiger partial charge in [-0.05, 0) is 49.9 Å². The van der Waals surface area contributed by atoms with Gasteiger partial charge in [-0.15, -0.1) is 11.6 Å². The monoisotopic (exact) mass is 357 g/mol. The molecular weight excluding hydrogens is 338 g/mol. The van der Waals surface area contributed by atoms with E-state index in [4.69, 9.17) is 16.3 Å². The van der Waals surface area contributed by atoms with Crippen molar-refractivity contribution in [2.75, 3.05) is 19.0 Å². The highest BCUT2D eigenvalue weighted by Crippen LogP contribution is 2.35. The summed E-state index contributed by atoms with van der Waals surface area (Å²) in [6, 6.07) is 5.12. The maximum Gasteiger partial charge on any atom is 0.127 e. The Kier molecular flexibility index (Phi) is 4.90. The van der Waals surface area contributed by atoms with Crippen LogP contribution in [-0.2, 0) is 13.0 Å². The van der Waals surface area contributed by atoms with Crippen molar-refractivity contribution in [2.45, 2.75) is 44.7 Å². The summed E-state index contributed by atoms with van der Waals surface area (Å²) >= 11 is 9.47. The van der Waals surface area contributed by atoms with Crippen LogP contribution in [0.15, 0.2) is 16.6 Å². The number of hydrogen-bond donors (Lipinski definition) is 0. The quantitative estimate of drug-likeness (QED) is 0.725. The number of likely N-dealkylation sites (tertiary alicyclic amines) is 1. The molecule has 2 aliphatic heterocycles. The Balaban J connectivity index is 1.74. The lowest BCUT2D eigenvalue weighted by molar-refractivity contribution is 0.229. The summed E-state index contributed by atoms with van der Waals surface area (Å²) in [6.07, 6.45) is 6.01. The largest absolute Gasteiger partial charge is 0.493 e. The third kappa shape index (κ3) is 3.15. The second kappa shape index (κ2) is 6.67. The zero-order chi connectivity index (χ0) is 13.9. The first-order chi connectivity index (χ1) is 9.78. The topological polar surface area (TPSA) is 12.5 Å². The van der Waals surface area contributed by atoms with E-state index in [-0.39, 0.29) is 0 Å². The van der Waals surface area contributed by atoms with Crippen molar-refractivity contribution in [3.05, 3.63) is 27.7 Å². The van der Waals surface area contributed by atoms with E-state index >= 15 is 0 Å². The van der Waals surface area contributed by atoms with Gasteiger partial charge in [-0.25, -0.2) is 0 Å². The van der Waals surface area contributed by atoms with Gasteiger partial charge in [-0.2, -0.15) is 0 Å². The van der Waals surface area contributed by atoms with Gasteiger partial charge in [0, 0.05) is 34.9 Å². The molecule has 0 spiro atoms. The minimum Gasteiger partial charge on any atom is -0.493 e. The average molecular weight is 359 g/mol. The van der Waals surface area contributed by atoms with Crippen molar-refractivity contribution in [1.29, 1.82) is 0 Å². The maximum absolute atomic E-state index is 5.84. The molecule has 20 heavy (non-hydrogen) atoms. The van der Waals surface area contributed by atoms with Crippen LogP contribution in [0, 0.1) is 0 Å². The highest BCUT2D eigenvalue weighted by molar-refractivity contribution is 9.10. The molecule has 1 atom stereocenters. The molecule has 1 aromatic carbocycles. The number of ether oxygens (including phenoxy) is 1. The summed E-state index contributed by atoms with van der Waals surface area (Å²) in [5.41, 5.74) is 2.69. The third-order valence-corrected chi connectivity index (χ3v) is 5.09. The molecule has 0 saturated carbocycles. The van der Waals surface area contributed by atoms with Crippen LogP contribution < -0.4 is 4.74 Å². The van der Waals surface area contributed by atoms with Crippen LogP contribution in [0.3, 0.4) is 0 Å². The zero-order valence-corrected chi connectivity index (χ0v) is 14.0. The molecule has 1 aromatic rings. The Morgan fingerprint density at radius 1 is 1.40 bits per heavy atom. The van der Waals surface area contributed by atoms with E-state index in [0.29, 0.717) is 6.04 Å². The fourth-order valence-corrected chi connectivity index (χ4v) is 4.13. The minimum absolute atomic E-state index is 0.699. The molecule has 0 aromatic heterocycles. The van der Waals surface area contributed by atoms with Gasteiger partial charge in [0.2, 0.25) is 0 Å². The fraction of sp³-hybridized carbons (Fsp3) is 0.625. The summed E-state index contributed by atoms with van der Waals surface area (Å²) in [7, 11) is 0. The number of alkyl halides is 1. The highest BCUT2D eigenvalue weighted by atomic mass is 79.9. The molecule has 4 heteroatoms. The summed E-state index contributed by atoms with van der Waals surface area (Å²) in [5, 5.41) is 0. The lowest BCUT2D eigenvalue weighted by atomic mass is 10.1. The van der Waals surface area contributed by atoms with Crippen LogP contribution in [-0.4, -0.2) is 30.0 Å².